The molecule has 1 aromatic heterocycles. The number of halogens is 1. The minimum absolute atomic E-state index is 0.228. The van der Waals surface area contributed by atoms with Crippen molar-refractivity contribution < 1.29 is 0 Å². The summed E-state index contributed by atoms with van der Waals surface area (Å²) in [6, 6.07) is 0. The molecule has 0 aromatic carbocycles. The molecule has 0 saturated carbocycles. The van der Waals surface area contributed by atoms with Crippen LogP contribution in [0, 0.1) is 11.3 Å². The summed E-state index contributed by atoms with van der Waals surface area (Å²) in [6.07, 6.45) is 4.26. The van der Waals surface area contributed by atoms with Gasteiger partial charge in [0.2, 0.25) is 0 Å². The zero-order valence-corrected chi connectivity index (χ0v) is 15.3. The van der Waals surface area contributed by atoms with E-state index in [4.69, 9.17) is 11.6 Å². The van der Waals surface area contributed by atoms with E-state index in [1.165, 1.54) is 18.5 Å². The van der Waals surface area contributed by atoms with Crippen LogP contribution in [0.15, 0.2) is 0 Å². The van der Waals surface area contributed by atoms with Crippen LogP contribution in [-0.4, -0.2) is 22.9 Å². The molecule has 0 spiro atoms. The highest BCUT2D eigenvalue weighted by Crippen LogP contribution is 2.32. The molecule has 1 aromatic rings. The second kappa shape index (κ2) is 8.19. The number of hydrogen-bond donors (Lipinski definition) is 1. The van der Waals surface area contributed by atoms with Crippen LogP contribution in [0.5, 0.6) is 0 Å². The molecule has 4 heteroatoms. The Morgan fingerprint density at radius 3 is 2.48 bits per heavy atom. The summed E-state index contributed by atoms with van der Waals surface area (Å²) in [5.41, 5.74) is 2.42. The first-order chi connectivity index (χ1) is 9.83. The SMILES string of the molecule is CCCC(C)(CNCC(C)C)Cc1c(Cl)c(CC)nn1C. The normalized spacial score (nSPS) is 14.7. The van der Waals surface area contributed by atoms with Gasteiger partial charge < -0.3 is 5.32 Å². The molecule has 3 nitrogen and oxygen atoms in total. The number of nitrogens with zero attached hydrogens (tertiary/aromatic N) is 2. The molecule has 1 unspecified atom stereocenters. The zero-order valence-electron chi connectivity index (χ0n) is 14.6. The monoisotopic (exact) mass is 313 g/mol. The first-order valence-electron chi connectivity index (χ1n) is 8.24. The minimum Gasteiger partial charge on any atom is -0.316 e. The fourth-order valence-corrected chi connectivity index (χ4v) is 3.28. The average Bonchev–Trinajstić information content (AvgIpc) is 2.66. The van der Waals surface area contributed by atoms with Gasteiger partial charge in [-0.1, -0.05) is 52.6 Å². The third-order valence-electron chi connectivity index (χ3n) is 4.06. The summed E-state index contributed by atoms with van der Waals surface area (Å²) in [6.45, 7) is 13.3. The highest BCUT2D eigenvalue weighted by molar-refractivity contribution is 6.31. The standard InChI is InChI=1S/C17H32ClN3/c1-7-9-17(5,12-19-11-13(3)4)10-15-16(18)14(8-2)20-21(15)6/h13,19H,7-12H2,1-6H3. The molecular weight excluding hydrogens is 282 g/mol. The highest BCUT2D eigenvalue weighted by atomic mass is 35.5. The summed E-state index contributed by atoms with van der Waals surface area (Å²) in [5.74, 6) is 0.683. The number of aromatic nitrogens is 2. The van der Waals surface area contributed by atoms with Crippen LogP contribution in [0.3, 0.4) is 0 Å². The van der Waals surface area contributed by atoms with E-state index >= 15 is 0 Å². The maximum absolute atomic E-state index is 6.52. The van der Waals surface area contributed by atoms with E-state index in [0.717, 1.165) is 36.6 Å². The molecule has 0 aliphatic rings. The van der Waals surface area contributed by atoms with Crippen LogP contribution in [0.2, 0.25) is 5.02 Å². The molecule has 0 radical (unpaired) electrons. The van der Waals surface area contributed by atoms with E-state index in [1.807, 2.05) is 11.7 Å². The van der Waals surface area contributed by atoms with Crippen molar-refractivity contribution in [1.29, 1.82) is 0 Å². The van der Waals surface area contributed by atoms with Gasteiger partial charge in [-0.25, -0.2) is 0 Å². The molecule has 1 heterocycles. The van der Waals surface area contributed by atoms with Crippen LogP contribution in [0.25, 0.3) is 0 Å². The lowest BCUT2D eigenvalue weighted by atomic mass is 9.80. The van der Waals surface area contributed by atoms with Crippen molar-refractivity contribution in [3.05, 3.63) is 16.4 Å². The lowest BCUT2D eigenvalue weighted by Gasteiger charge is -2.30. The van der Waals surface area contributed by atoms with Crippen molar-refractivity contribution in [3.8, 4) is 0 Å². The van der Waals surface area contributed by atoms with Crippen molar-refractivity contribution in [3.63, 3.8) is 0 Å². The lowest BCUT2D eigenvalue weighted by molar-refractivity contribution is 0.265. The average molecular weight is 314 g/mol. The predicted molar refractivity (Wildman–Crippen MR) is 92.0 cm³/mol. The predicted octanol–water partition coefficient (Wildman–Crippen LogP) is 4.23. The van der Waals surface area contributed by atoms with Gasteiger partial charge in [-0.2, -0.15) is 5.10 Å². The van der Waals surface area contributed by atoms with E-state index < -0.39 is 0 Å². The number of aryl methyl sites for hydroxylation is 2. The Hall–Kier alpha value is -0.540. The van der Waals surface area contributed by atoms with Crippen molar-refractivity contribution in [2.75, 3.05) is 13.1 Å². The Balaban J connectivity index is 2.84. The van der Waals surface area contributed by atoms with E-state index in [1.54, 1.807) is 0 Å². The quantitative estimate of drug-likeness (QED) is 0.739. The second-order valence-corrected chi connectivity index (χ2v) is 7.32. The molecule has 0 saturated heterocycles. The summed E-state index contributed by atoms with van der Waals surface area (Å²) < 4.78 is 1.97. The van der Waals surface area contributed by atoms with E-state index in [-0.39, 0.29) is 5.41 Å². The largest absolute Gasteiger partial charge is 0.316 e. The van der Waals surface area contributed by atoms with Crippen molar-refractivity contribution in [2.45, 2.75) is 60.3 Å². The third kappa shape index (κ3) is 5.30. The van der Waals surface area contributed by atoms with Gasteiger partial charge >= 0.3 is 0 Å². The molecule has 1 N–H and O–H groups in total. The molecule has 1 atom stereocenters. The number of hydrogen-bond acceptors (Lipinski definition) is 2. The number of rotatable bonds is 9. The lowest BCUT2D eigenvalue weighted by Crippen LogP contribution is -2.36. The Morgan fingerprint density at radius 2 is 2.00 bits per heavy atom. The van der Waals surface area contributed by atoms with Crippen molar-refractivity contribution in [1.82, 2.24) is 15.1 Å². The van der Waals surface area contributed by atoms with E-state index in [0.29, 0.717) is 5.92 Å². The molecule has 1 rings (SSSR count). The zero-order chi connectivity index (χ0) is 16.0. The first-order valence-corrected chi connectivity index (χ1v) is 8.61. The van der Waals surface area contributed by atoms with Gasteiger partial charge in [-0.05, 0) is 37.1 Å². The highest BCUT2D eigenvalue weighted by Gasteiger charge is 2.27. The molecule has 0 aliphatic heterocycles. The molecular formula is C17H32ClN3. The van der Waals surface area contributed by atoms with Gasteiger partial charge in [0, 0.05) is 13.6 Å². The third-order valence-corrected chi connectivity index (χ3v) is 4.49. The van der Waals surface area contributed by atoms with Crippen LogP contribution < -0.4 is 5.32 Å². The van der Waals surface area contributed by atoms with Gasteiger partial charge in [-0.15, -0.1) is 0 Å². The van der Waals surface area contributed by atoms with Gasteiger partial charge in [0.15, 0.2) is 0 Å². The van der Waals surface area contributed by atoms with Crippen LogP contribution in [-0.2, 0) is 19.9 Å². The molecule has 0 bridgehead atoms. The van der Waals surface area contributed by atoms with E-state index in [2.05, 4.69) is 45.0 Å². The summed E-state index contributed by atoms with van der Waals surface area (Å²) in [4.78, 5) is 0. The molecule has 0 amide bonds. The summed E-state index contributed by atoms with van der Waals surface area (Å²) in [5, 5.41) is 9.03. The number of nitrogens with one attached hydrogen (secondary N) is 1. The summed E-state index contributed by atoms with van der Waals surface area (Å²) >= 11 is 6.52. The Bertz CT molecular complexity index is 439. The van der Waals surface area contributed by atoms with Gasteiger partial charge in [0.05, 0.1) is 16.4 Å². The Morgan fingerprint density at radius 1 is 1.33 bits per heavy atom. The second-order valence-electron chi connectivity index (χ2n) is 6.95. The Kier molecular flexibility index (Phi) is 7.22. The Labute approximate surface area is 135 Å². The first kappa shape index (κ1) is 18.5. The minimum atomic E-state index is 0.228. The maximum atomic E-state index is 6.52. The molecule has 21 heavy (non-hydrogen) atoms. The maximum Gasteiger partial charge on any atom is 0.0849 e. The van der Waals surface area contributed by atoms with Gasteiger partial charge in [0.1, 0.15) is 0 Å². The fraction of sp³-hybridized carbons (Fsp3) is 0.824. The molecule has 122 valence electrons. The summed E-state index contributed by atoms with van der Waals surface area (Å²) in [7, 11) is 2.01. The molecule has 0 fully saturated rings. The van der Waals surface area contributed by atoms with Gasteiger partial charge in [-0.3, -0.25) is 4.68 Å². The van der Waals surface area contributed by atoms with Crippen molar-refractivity contribution in [2.24, 2.45) is 18.4 Å². The van der Waals surface area contributed by atoms with Gasteiger partial charge in [0.25, 0.3) is 0 Å². The smallest absolute Gasteiger partial charge is 0.0849 e. The van der Waals surface area contributed by atoms with Crippen LogP contribution in [0.4, 0.5) is 0 Å². The van der Waals surface area contributed by atoms with Crippen molar-refractivity contribution >= 4 is 11.6 Å². The van der Waals surface area contributed by atoms with Crippen LogP contribution in [0.1, 0.15) is 58.8 Å². The molecule has 0 aliphatic carbocycles. The fourth-order valence-electron chi connectivity index (χ4n) is 2.92. The topological polar surface area (TPSA) is 29.9 Å². The van der Waals surface area contributed by atoms with Crippen LogP contribution >= 0.6 is 11.6 Å². The van der Waals surface area contributed by atoms with E-state index in [9.17, 15) is 0 Å².